The van der Waals surface area contributed by atoms with Crippen molar-refractivity contribution >= 4 is 28.2 Å². The summed E-state index contributed by atoms with van der Waals surface area (Å²) in [6, 6.07) is 9.29. The zero-order valence-corrected chi connectivity index (χ0v) is 16.2. The molecule has 27 heavy (non-hydrogen) atoms. The smallest absolute Gasteiger partial charge is 0.226 e. The summed E-state index contributed by atoms with van der Waals surface area (Å²) in [5, 5.41) is 5.25. The minimum atomic E-state index is -0.149. The van der Waals surface area contributed by atoms with Crippen molar-refractivity contribution in [3.8, 4) is 17.0 Å². The number of amides is 1. The number of methoxy groups -OCH3 is 1. The van der Waals surface area contributed by atoms with E-state index in [1.165, 1.54) is 18.3 Å². The lowest BCUT2D eigenvalue weighted by atomic mass is 10.1. The van der Waals surface area contributed by atoms with Gasteiger partial charge in [0.25, 0.3) is 0 Å². The van der Waals surface area contributed by atoms with Crippen LogP contribution in [0.25, 0.3) is 11.3 Å². The first-order chi connectivity index (χ1) is 13.0. The van der Waals surface area contributed by atoms with Crippen LogP contribution in [0.2, 0.25) is 0 Å². The van der Waals surface area contributed by atoms with Crippen molar-refractivity contribution in [1.29, 1.82) is 0 Å². The molecule has 2 heterocycles. The van der Waals surface area contributed by atoms with Crippen LogP contribution in [0, 0.1) is 6.92 Å². The van der Waals surface area contributed by atoms with E-state index in [1.807, 2.05) is 29.6 Å². The summed E-state index contributed by atoms with van der Waals surface area (Å²) in [6.45, 7) is 3.24. The largest absolute Gasteiger partial charge is 0.497 e. The van der Waals surface area contributed by atoms with E-state index in [4.69, 9.17) is 9.15 Å². The van der Waals surface area contributed by atoms with Crippen LogP contribution in [-0.4, -0.2) is 23.8 Å². The third kappa shape index (κ3) is 4.62. The molecular weight excluding hydrogens is 364 g/mol. The van der Waals surface area contributed by atoms with Crippen molar-refractivity contribution in [1.82, 2.24) is 4.98 Å². The van der Waals surface area contributed by atoms with Crippen molar-refractivity contribution in [2.45, 2.75) is 26.7 Å². The van der Waals surface area contributed by atoms with E-state index in [-0.39, 0.29) is 18.1 Å². The summed E-state index contributed by atoms with van der Waals surface area (Å²) in [4.78, 5) is 28.1. The molecule has 140 valence electrons. The Balaban J connectivity index is 1.57. The molecule has 0 saturated heterocycles. The maximum Gasteiger partial charge on any atom is 0.226 e. The van der Waals surface area contributed by atoms with Gasteiger partial charge < -0.3 is 14.5 Å². The summed E-state index contributed by atoms with van der Waals surface area (Å²) in [5.74, 6) is 1.81. The molecule has 0 radical (unpaired) electrons. The van der Waals surface area contributed by atoms with E-state index in [1.54, 1.807) is 20.1 Å². The number of hydrogen-bond donors (Lipinski definition) is 1. The number of ketones is 1. The molecule has 0 unspecified atom stereocenters. The molecule has 1 N–H and O–H groups in total. The second kappa shape index (κ2) is 8.18. The lowest BCUT2D eigenvalue weighted by Gasteiger charge is -2.01. The van der Waals surface area contributed by atoms with E-state index >= 15 is 0 Å². The van der Waals surface area contributed by atoms with Crippen molar-refractivity contribution in [3.05, 3.63) is 52.8 Å². The summed E-state index contributed by atoms with van der Waals surface area (Å²) < 4.78 is 10.7. The zero-order valence-electron chi connectivity index (χ0n) is 15.4. The van der Waals surface area contributed by atoms with Crippen molar-refractivity contribution in [3.63, 3.8) is 0 Å². The summed E-state index contributed by atoms with van der Waals surface area (Å²) >= 11 is 1.37. The molecule has 0 fully saturated rings. The minimum Gasteiger partial charge on any atom is -0.497 e. The Morgan fingerprint density at radius 3 is 2.63 bits per heavy atom. The highest BCUT2D eigenvalue weighted by molar-refractivity contribution is 7.14. The fourth-order valence-electron chi connectivity index (χ4n) is 2.66. The van der Waals surface area contributed by atoms with Gasteiger partial charge in [-0.1, -0.05) is 0 Å². The molecule has 0 saturated carbocycles. The molecule has 1 aromatic carbocycles. The number of hydrogen-bond acceptors (Lipinski definition) is 6. The van der Waals surface area contributed by atoms with Gasteiger partial charge in [-0.3, -0.25) is 9.59 Å². The van der Waals surface area contributed by atoms with Gasteiger partial charge in [0.2, 0.25) is 5.91 Å². The minimum absolute atomic E-state index is 0.0409. The maximum atomic E-state index is 12.2. The van der Waals surface area contributed by atoms with Gasteiger partial charge in [-0.25, -0.2) is 4.98 Å². The highest BCUT2D eigenvalue weighted by atomic mass is 32.1. The Morgan fingerprint density at radius 1 is 1.26 bits per heavy atom. The van der Waals surface area contributed by atoms with Gasteiger partial charge in [0.05, 0.1) is 18.4 Å². The fourth-order valence-corrected chi connectivity index (χ4v) is 3.40. The first-order valence-corrected chi connectivity index (χ1v) is 9.34. The Morgan fingerprint density at radius 2 is 2.00 bits per heavy atom. The SMILES string of the molecule is COc1ccc(-c2csc(NC(=O)CCc3cc(C(C)=O)c(C)o3)n2)cc1. The highest BCUT2D eigenvalue weighted by Crippen LogP contribution is 2.26. The number of nitrogens with zero attached hydrogens (tertiary/aromatic N) is 1. The normalized spacial score (nSPS) is 10.6. The van der Waals surface area contributed by atoms with Gasteiger partial charge in [-0.05, 0) is 44.2 Å². The van der Waals surface area contributed by atoms with Crippen molar-refractivity contribution in [2.24, 2.45) is 0 Å². The summed E-state index contributed by atoms with van der Waals surface area (Å²) in [7, 11) is 1.62. The van der Waals surface area contributed by atoms with Crippen LogP contribution in [0.1, 0.15) is 35.2 Å². The average Bonchev–Trinajstić information content (AvgIpc) is 3.26. The standard InChI is InChI=1S/C20H20N2O4S/c1-12(23)17-10-16(26-13(17)2)8-9-19(24)22-20-21-18(11-27-20)14-4-6-15(25-3)7-5-14/h4-7,10-11H,8-9H2,1-3H3,(H,21,22,24). The molecule has 0 atom stereocenters. The summed E-state index contributed by atoms with van der Waals surface area (Å²) in [5.41, 5.74) is 2.32. The van der Waals surface area contributed by atoms with Crippen LogP contribution in [0.5, 0.6) is 5.75 Å². The van der Waals surface area contributed by atoms with E-state index < -0.39 is 0 Å². The van der Waals surface area contributed by atoms with E-state index in [0.717, 1.165) is 17.0 Å². The summed E-state index contributed by atoms with van der Waals surface area (Å²) in [6.07, 6.45) is 0.679. The third-order valence-electron chi connectivity index (χ3n) is 4.08. The van der Waals surface area contributed by atoms with Crippen LogP contribution >= 0.6 is 11.3 Å². The Bertz CT molecular complexity index is 957. The lowest BCUT2D eigenvalue weighted by Crippen LogP contribution is -2.11. The number of aryl methyl sites for hydroxylation is 2. The molecule has 0 aliphatic carbocycles. The predicted octanol–water partition coefficient (Wildman–Crippen LogP) is 4.49. The quantitative estimate of drug-likeness (QED) is 0.607. The number of furan rings is 1. The number of ether oxygens (including phenoxy) is 1. The number of Topliss-reactive ketones (excluding diaryl/α,β-unsaturated/α-hetero) is 1. The molecule has 0 spiro atoms. The predicted molar refractivity (Wildman–Crippen MR) is 105 cm³/mol. The first-order valence-electron chi connectivity index (χ1n) is 8.46. The van der Waals surface area contributed by atoms with Gasteiger partial charge in [0.15, 0.2) is 10.9 Å². The molecule has 3 rings (SSSR count). The number of carbonyl (C=O) groups is 2. The van der Waals surface area contributed by atoms with Crippen LogP contribution in [0.4, 0.5) is 5.13 Å². The Labute approximate surface area is 161 Å². The number of carbonyl (C=O) groups excluding carboxylic acids is 2. The molecule has 0 aliphatic heterocycles. The van der Waals surface area contributed by atoms with E-state index in [2.05, 4.69) is 10.3 Å². The van der Waals surface area contributed by atoms with Crippen molar-refractivity contribution in [2.75, 3.05) is 12.4 Å². The van der Waals surface area contributed by atoms with Gasteiger partial charge in [-0.15, -0.1) is 11.3 Å². The van der Waals surface area contributed by atoms with Crippen LogP contribution < -0.4 is 10.1 Å². The fraction of sp³-hybridized carbons (Fsp3) is 0.250. The molecule has 7 heteroatoms. The van der Waals surface area contributed by atoms with Crippen LogP contribution in [-0.2, 0) is 11.2 Å². The third-order valence-corrected chi connectivity index (χ3v) is 4.84. The van der Waals surface area contributed by atoms with Gasteiger partial charge in [0.1, 0.15) is 17.3 Å². The van der Waals surface area contributed by atoms with Gasteiger partial charge in [-0.2, -0.15) is 0 Å². The van der Waals surface area contributed by atoms with Crippen LogP contribution in [0.15, 0.2) is 40.1 Å². The molecular formula is C20H20N2O4S. The number of rotatable bonds is 7. The molecule has 1 amide bonds. The molecule has 3 aromatic rings. The number of thiazole rings is 1. The monoisotopic (exact) mass is 384 g/mol. The van der Waals surface area contributed by atoms with Gasteiger partial charge in [0, 0.05) is 23.8 Å². The number of aromatic nitrogens is 1. The molecule has 2 aromatic heterocycles. The average molecular weight is 384 g/mol. The second-order valence-electron chi connectivity index (χ2n) is 6.05. The molecule has 6 nitrogen and oxygen atoms in total. The number of nitrogens with one attached hydrogen (secondary N) is 1. The van der Waals surface area contributed by atoms with E-state index in [9.17, 15) is 9.59 Å². The second-order valence-corrected chi connectivity index (χ2v) is 6.91. The number of benzene rings is 1. The maximum absolute atomic E-state index is 12.2. The van der Waals surface area contributed by atoms with Gasteiger partial charge >= 0.3 is 0 Å². The Kier molecular flexibility index (Phi) is 5.71. The van der Waals surface area contributed by atoms with Crippen molar-refractivity contribution < 1.29 is 18.7 Å². The first kappa shape index (κ1) is 18.8. The zero-order chi connectivity index (χ0) is 19.4. The van der Waals surface area contributed by atoms with Crippen LogP contribution in [0.3, 0.4) is 0 Å². The topological polar surface area (TPSA) is 81.4 Å². The molecule has 0 aliphatic rings. The lowest BCUT2D eigenvalue weighted by molar-refractivity contribution is -0.116. The molecule has 0 bridgehead atoms. The van der Waals surface area contributed by atoms with E-state index in [0.29, 0.717) is 28.6 Å². The Hall–Kier alpha value is -2.93. The number of anilines is 1. The highest BCUT2D eigenvalue weighted by Gasteiger charge is 2.13.